The summed E-state index contributed by atoms with van der Waals surface area (Å²) >= 11 is 0. The number of unbranched alkanes of at least 4 members (excludes halogenated alkanes) is 3. The Morgan fingerprint density at radius 3 is 2.21 bits per heavy atom. The molecule has 3 rings (SSSR count). The third-order valence-electron chi connectivity index (χ3n) is 10.4. The Hall–Kier alpha value is -3.26. The van der Waals surface area contributed by atoms with Gasteiger partial charge in [0.15, 0.2) is 0 Å². The molecule has 5 amide bonds. The number of aliphatic hydroxyl groups excluding tert-OH is 1. The van der Waals surface area contributed by atoms with Crippen LogP contribution in [0.1, 0.15) is 98.3 Å². The van der Waals surface area contributed by atoms with E-state index in [1.54, 1.807) is 14.0 Å². The third-order valence-corrected chi connectivity index (χ3v) is 10.4. The fourth-order valence-corrected chi connectivity index (χ4v) is 7.54. The van der Waals surface area contributed by atoms with Crippen LogP contribution in [0.2, 0.25) is 0 Å². The number of carbonyl (C=O) groups excluding carboxylic acids is 6. The molecule has 3 aliphatic rings. The van der Waals surface area contributed by atoms with Crippen molar-refractivity contribution in [1.82, 2.24) is 26.2 Å². The number of hydrogen-bond acceptors (Lipinski definition) is 9. The summed E-state index contributed by atoms with van der Waals surface area (Å²) in [6.07, 6.45) is 6.44. The molecule has 2 aliphatic carbocycles. The number of cyclic esters (lactones) is 1. The van der Waals surface area contributed by atoms with Crippen LogP contribution in [-0.2, 0) is 33.5 Å². The van der Waals surface area contributed by atoms with Gasteiger partial charge >= 0.3 is 5.97 Å². The minimum atomic E-state index is -1.46. The van der Waals surface area contributed by atoms with Crippen LogP contribution < -0.4 is 27.0 Å². The number of hydrogen-bond donors (Lipinski definition) is 6. The highest BCUT2D eigenvalue weighted by atomic mass is 16.5. The quantitative estimate of drug-likeness (QED) is 0.140. The minimum absolute atomic E-state index is 0.159. The van der Waals surface area contributed by atoms with E-state index in [0.717, 1.165) is 44.9 Å². The maximum absolute atomic E-state index is 14.0. The van der Waals surface area contributed by atoms with Crippen molar-refractivity contribution >= 4 is 35.5 Å². The zero-order chi connectivity index (χ0) is 35.5. The van der Waals surface area contributed by atoms with Gasteiger partial charge in [0.2, 0.25) is 29.5 Å². The summed E-state index contributed by atoms with van der Waals surface area (Å²) in [4.78, 5) is 82.6. The van der Waals surface area contributed by atoms with Crippen molar-refractivity contribution in [3.05, 3.63) is 0 Å². The van der Waals surface area contributed by atoms with Gasteiger partial charge in [0.25, 0.3) is 0 Å². The first-order chi connectivity index (χ1) is 22.8. The first kappa shape index (κ1) is 39.2. The normalized spacial score (nSPS) is 33.5. The maximum Gasteiger partial charge on any atom is 0.325 e. The molecule has 1 aliphatic heterocycles. The molecule has 0 spiro atoms. The van der Waals surface area contributed by atoms with Gasteiger partial charge in [-0.15, -0.1) is 0 Å². The number of nitrogens with one attached hydrogen (secondary N) is 4. The topological polar surface area (TPSA) is 209 Å². The molecule has 1 heterocycles. The van der Waals surface area contributed by atoms with Crippen molar-refractivity contribution < 1.29 is 38.6 Å². The lowest BCUT2D eigenvalue weighted by Crippen LogP contribution is -2.62. The van der Waals surface area contributed by atoms with Crippen LogP contribution in [0.15, 0.2) is 0 Å². The molecule has 0 aromatic carbocycles. The van der Waals surface area contributed by atoms with E-state index in [9.17, 15) is 33.9 Å². The van der Waals surface area contributed by atoms with E-state index in [2.05, 4.69) is 28.2 Å². The molecule has 1 saturated heterocycles. The van der Waals surface area contributed by atoms with Crippen molar-refractivity contribution in [2.45, 2.75) is 135 Å². The summed E-state index contributed by atoms with van der Waals surface area (Å²) in [5.41, 5.74) is 5.90. The van der Waals surface area contributed by atoms with Gasteiger partial charge in [-0.25, -0.2) is 0 Å². The molecule has 0 aromatic heterocycles. The molecule has 2 saturated carbocycles. The minimum Gasteiger partial charge on any atom is -0.460 e. The fraction of sp³-hybridized carbons (Fsp3) is 0.824. The Kier molecular flexibility index (Phi) is 15.1. The third kappa shape index (κ3) is 10.1. The Labute approximate surface area is 284 Å². The highest BCUT2D eigenvalue weighted by molar-refractivity contribution is 5.96. The molecule has 3 fully saturated rings. The van der Waals surface area contributed by atoms with Gasteiger partial charge in [0.05, 0.1) is 12.0 Å². The van der Waals surface area contributed by atoms with Crippen LogP contribution in [0, 0.1) is 23.7 Å². The first-order valence-electron chi connectivity index (χ1n) is 17.9. The number of amides is 5. The zero-order valence-corrected chi connectivity index (χ0v) is 29.3. The number of nitrogens with zero attached hydrogens (tertiary/aromatic N) is 1. The van der Waals surface area contributed by atoms with Gasteiger partial charge in [0, 0.05) is 13.6 Å². The van der Waals surface area contributed by atoms with E-state index in [1.807, 2.05) is 6.92 Å². The second-order valence-electron chi connectivity index (χ2n) is 14.0. The number of fused-ring (bicyclic) bond motifs is 2. The fourth-order valence-electron chi connectivity index (χ4n) is 7.54. The monoisotopic (exact) mass is 678 g/mol. The second-order valence-corrected chi connectivity index (χ2v) is 14.0. The van der Waals surface area contributed by atoms with Crippen LogP contribution in [0.4, 0.5) is 0 Å². The SMILES string of the molecule is CCCCCC[C@H]1OC(=O)CNC(=O)[C@H](C(C)O)NC(=O)[C@H](CN)NC(=O)[C@H](C2CC3CCC2C3)NC(=O)[C@H](CCC)N(C)C(=O)[C@@H]1C. The van der Waals surface area contributed by atoms with E-state index < -0.39 is 78.4 Å². The van der Waals surface area contributed by atoms with Crippen molar-refractivity contribution in [2.24, 2.45) is 29.4 Å². The summed E-state index contributed by atoms with van der Waals surface area (Å²) in [5.74, 6) is -4.15. The van der Waals surface area contributed by atoms with Gasteiger partial charge in [-0.1, -0.05) is 52.9 Å². The average molecular weight is 679 g/mol. The highest BCUT2D eigenvalue weighted by Crippen LogP contribution is 2.49. The van der Waals surface area contributed by atoms with E-state index in [4.69, 9.17) is 10.5 Å². The zero-order valence-electron chi connectivity index (χ0n) is 29.3. The van der Waals surface area contributed by atoms with E-state index in [-0.39, 0.29) is 24.3 Å². The van der Waals surface area contributed by atoms with E-state index in [0.29, 0.717) is 31.6 Å². The van der Waals surface area contributed by atoms with Crippen molar-refractivity contribution in [3.63, 3.8) is 0 Å². The van der Waals surface area contributed by atoms with Crippen molar-refractivity contribution in [3.8, 4) is 0 Å². The number of rotatable bonds is 10. The number of likely N-dealkylation sites (N-methyl/N-ethyl adjacent to an activating group) is 1. The lowest BCUT2D eigenvalue weighted by Gasteiger charge is -2.35. The Balaban J connectivity index is 1.99. The first-order valence-corrected chi connectivity index (χ1v) is 17.9. The average Bonchev–Trinajstić information content (AvgIpc) is 3.70. The molecular weight excluding hydrogens is 620 g/mol. The molecule has 272 valence electrons. The molecule has 14 nitrogen and oxygen atoms in total. The lowest BCUT2D eigenvalue weighted by molar-refractivity contribution is -0.157. The van der Waals surface area contributed by atoms with Crippen LogP contribution in [-0.4, -0.2) is 102 Å². The van der Waals surface area contributed by atoms with E-state index in [1.165, 1.54) is 11.8 Å². The van der Waals surface area contributed by atoms with E-state index >= 15 is 0 Å². The number of nitrogens with two attached hydrogens (primary N) is 1. The summed E-state index contributed by atoms with van der Waals surface area (Å²) in [6, 6.07) is -4.60. The summed E-state index contributed by atoms with van der Waals surface area (Å²) in [5, 5.41) is 20.8. The maximum atomic E-state index is 14.0. The van der Waals surface area contributed by atoms with Crippen LogP contribution in [0.25, 0.3) is 0 Å². The van der Waals surface area contributed by atoms with Crippen molar-refractivity contribution in [1.29, 1.82) is 0 Å². The predicted octanol–water partition coefficient (Wildman–Crippen LogP) is 0.492. The predicted molar refractivity (Wildman–Crippen MR) is 178 cm³/mol. The van der Waals surface area contributed by atoms with Crippen LogP contribution >= 0.6 is 0 Å². The Morgan fingerprint density at radius 1 is 0.896 bits per heavy atom. The lowest BCUT2D eigenvalue weighted by atomic mass is 9.82. The van der Waals surface area contributed by atoms with Crippen LogP contribution in [0.3, 0.4) is 0 Å². The van der Waals surface area contributed by atoms with Crippen molar-refractivity contribution in [2.75, 3.05) is 20.1 Å². The molecule has 0 radical (unpaired) electrons. The molecule has 7 N–H and O–H groups in total. The largest absolute Gasteiger partial charge is 0.460 e. The number of ether oxygens (including phenoxy) is 1. The van der Waals surface area contributed by atoms with Gasteiger partial charge in [0.1, 0.15) is 36.8 Å². The van der Waals surface area contributed by atoms with Gasteiger partial charge < -0.3 is 41.7 Å². The number of aliphatic hydroxyl groups is 1. The van der Waals surface area contributed by atoms with Gasteiger partial charge in [-0.2, -0.15) is 0 Å². The molecule has 4 unspecified atom stereocenters. The summed E-state index contributed by atoms with van der Waals surface area (Å²) in [6.45, 7) is 6.06. The van der Waals surface area contributed by atoms with Gasteiger partial charge in [-0.05, 0) is 63.2 Å². The molecule has 14 heteroatoms. The summed E-state index contributed by atoms with van der Waals surface area (Å²) < 4.78 is 5.75. The molecule has 2 bridgehead atoms. The number of esters is 1. The number of carbonyl (C=O) groups is 6. The second kappa shape index (κ2) is 18.5. The summed E-state index contributed by atoms with van der Waals surface area (Å²) in [7, 11) is 1.55. The molecule has 10 atom stereocenters. The van der Waals surface area contributed by atoms with Crippen LogP contribution in [0.5, 0.6) is 0 Å². The smallest absolute Gasteiger partial charge is 0.325 e. The Morgan fingerprint density at radius 2 is 1.62 bits per heavy atom. The standard InChI is InChI=1S/C34H58N6O8/c1-6-8-9-10-12-26-19(3)34(47)40(5)25(11-7-2)31(44)39-29(23-16-21-13-14-22(23)15-21)33(46)37-24(17-35)30(43)38-28(20(4)41)32(45)36-18-27(42)48-26/h19-26,28-29,41H,6-18,35H2,1-5H3,(H,36,45)(H,37,46)(H,38,43)(H,39,44)/t19-,20?,21?,22?,23?,24+,25+,26-,28+,29+/m1/s1. The highest BCUT2D eigenvalue weighted by Gasteiger charge is 2.47. The van der Waals surface area contributed by atoms with Gasteiger partial charge in [-0.3, -0.25) is 28.8 Å². The Bertz CT molecular complexity index is 1150. The molecule has 0 aromatic rings. The molecule has 48 heavy (non-hydrogen) atoms. The molecular formula is C34H58N6O8.